The van der Waals surface area contributed by atoms with Crippen LogP contribution in [0.15, 0.2) is 0 Å². The van der Waals surface area contributed by atoms with Crippen LogP contribution in [0.4, 0.5) is 0 Å². The van der Waals surface area contributed by atoms with Crippen molar-refractivity contribution >= 4 is 5.97 Å². The summed E-state index contributed by atoms with van der Waals surface area (Å²) >= 11 is 0. The molecule has 4 unspecified atom stereocenters. The summed E-state index contributed by atoms with van der Waals surface area (Å²) in [7, 11) is 0. The molecule has 0 heterocycles. The molecule has 2 aliphatic rings. The first-order valence-corrected chi connectivity index (χ1v) is 9.73. The molecule has 4 nitrogen and oxygen atoms in total. The molecule has 2 fully saturated rings. The first-order valence-electron chi connectivity index (χ1n) is 9.73. The summed E-state index contributed by atoms with van der Waals surface area (Å²) in [6.07, 6.45) is 6.96. The Labute approximate surface area is 147 Å². The summed E-state index contributed by atoms with van der Waals surface area (Å²) in [5.41, 5.74) is -1.92. The smallest absolute Gasteiger partial charge is 0.312 e. The van der Waals surface area contributed by atoms with Crippen molar-refractivity contribution in [3.63, 3.8) is 0 Å². The van der Waals surface area contributed by atoms with Crippen LogP contribution in [0.2, 0.25) is 0 Å². The average Bonchev–Trinajstić information content (AvgIpc) is 2.45. The summed E-state index contributed by atoms with van der Waals surface area (Å²) in [5, 5.41) is 20.5. The minimum absolute atomic E-state index is 0.0108. The van der Waals surface area contributed by atoms with E-state index in [0.29, 0.717) is 24.7 Å². The normalized spacial score (nSPS) is 35.5. The van der Waals surface area contributed by atoms with Crippen LogP contribution < -0.4 is 0 Å². The van der Waals surface area contributed by atoms with Crippen LogP contribution >= 0.6 is 0 Å². The van der Waals surface area contributed by atoms with Crippen molar-refractivity contribution in [2.75, 3.05) is 6.61 Å². The number of fused-ring (bicyclic) bond motifs is 2. The maximum absolute atomic E-state index is 13.0. The second-order valence-electron chi connectivity index (χ2n) is 9.13. The number of hydrogen-bond donors (Lipinski definition) is 2. The lowest BCUT2D eigenvalue weighted by molar-refractivity contribution is -0.198. The zero-order valence-electron chi connectivity index (χ0n) is 15.9. The molecular weight excluding hydrogens is 304 g/mol. The fraction of sp³-hybridized carbons (Fsp3) is 0.950. The van der Waals surface area contributed by atoms with Gasteiger partial charge in [0.25, 0.3) is 0 Å². The summed E-state index contributed by atoms with van der Waals surface area (Å²) in [5.74, 6) is 0.664. The maximum Gasteiger partial charge on any atom is 0.312 e. The third kappa shape index (κ3) is 4.32. The van der Waals surface area contributed by atoms with Gasteiger partial charge in [-0.3, -0.25) is 4.79 Å². The second-order valence-corrected chi connectivity index (χ2v) is 9.13. The number of carbonyl (C=O) groups is 1. The van der Waals surface area contributed by atoms with E-state index in [2.05, 4.69) is 13.8 Å². The van der Waals surface area contributed by atoms with Gasteiger partial charge in [0.1, 0.15) is 5.60 Å². The Bertz CT molecular complexity index is 449. The fourth-order valence-electron chi connectivity index (χ4n) is 5.11. The van der Waals surface area contributed by atoms with Crippen LogP contribution in [0.25, 0.3) is 0 Å². The Balaban J connectivity index is 2.20. The van der Waals surface area contributed by atoms with Gasteiger partial charge in [0.2, 0.25) is 0 Å². The lowest BCUT2D eigenvalue weighted by atomic mass is 9.62. The van der Waals surface area contributed by atoms with Crippen molar-refractivity contribution in [3.8, 4) is 0 Å². The van der Waals surface area contributed by atoms with Crippen LogP contribution in [-0.2, 0) is 9.53 Å². The zero-order valence-corrected chi connectivity index (χ0v) is 15.9. The highest BCUT2D eigenvalue weighted by atomic mass is 16.6. The molecule has 0 aliphatic heterocycles. The van der Waals surface area contributed by atoms with Gasteiger partial charge >= 0.3 is 5.97 Å². The van der Waals surface area contributed by atoms with Gasteiger partial charge in [-0.25, -0.2) is 0 Å². The zero-order chi connectivity index (χ0) is 18.0. The Kier molecular flexibility index (Phi) is 6.02. The van der Waals surface area contributed by atoms with Crippen molar-refractivity contribution < 1.29 is 19.7 Å². The van der Waals surface area contributed by atoms with Crippen LogP contribution in [-0.4, -0.2) is 34.0 Å². The maximum atomic E-state index is 13.0. The highest BCUT2D eigenvalue weighted by Gasteiger charge is 2.52. The highest BCUT2D eigenvalue weighted by molar-refractivity contribution is 5.76. The molecule has 0 aromatic rings. The van der Waals surface area contributed by atoms with Gasteiger partial charge < -0.3 is 14.9 Å². The number of esters is 1. The molecule has 2 saturated carbocycles. The van der Waals surface area contributed by atoms with Crippen molar-refractivity contribution in [3.05, 3.63) is 0 Å². The lowest BCUT2D eigenvalue weighted by Gasteiger charge is -2.51. The van der Waals surface area contributed by atoms with E-state index in [4.69, 9.17) is 4.74 Å². The van der Waals surface area contributed by atoms with E-state index in [0.717, 1.165) is 44.9 Å². The van der Waals surface area contributed by atoms with Crippen LogP contribution in [0.1, 0.15) is 85.5 Å². The van der Waals surface area contributed by atoms with E-state index in [-0.39, 0.29) is 12.6 Å². The lowest BCUT2D eigenvalue weighted by Crippen LogP contribution is -2.54. The molecule has 2 N–H and O–H groups in total. The number of aliphatic hydroxyl groups excluding tert-OH is 1. The molecule has 2 rings (SSSR count). The molecular formula is C20H36O4. The van der Waals surface area contributed by atoms with Gasteiger partial charge in [0, 0.05) is 19.4 Å². The van der Waals surface area contributed by atoms with E-state index in [1.807, 2.05) is 13.8 Å². The van der Waals surface area contributed by atoms with Crippen LogP contribution in [0, 0.1) is 17.3 Å². The van der Waals surface area contributed by atoms with Gasteiger partial charge in [-0.15, -0.1) is 0 Å². The topological polar surface area (TPSA) is 66.8 Å². The number of hydrogen-bond acceptors (Lipinski definition) is 4. The third-order valence-corrected chi connectivity index (χ3v) is 6.24. The first kappa shape index (κ1) is 19.7. The molecule has 2 aliphatic carbocycles. The molecule has 0 saturated heterocycles. The Hall–Kier alpha value is -0.610. The van der Waals surface area contributed by atoms with Crippen molar-refractivity contribution in [2.45, 2.75) is 96.7 Å². The van der Waals surface area contributed by atoms with Gasteiger partial charge in [-0.2, -0.15) is 0 Å². The summed E-state index contributed by atoms with van der Waals surface area (Å²) < 4.78 is 6.12. The number of aliphatic hydroxyl groups is 2. The standard InChI is InChI=1S/C20H36O4/c1-5-18(4,11-15(2)3)17(22)24-20(9-10-21)13-16-7-6-8-19(23,12-16)14-20/h15-16,21,23H,5-14H2,1-4H3. The SMILES string of the molecule is CCC(C)(CC(C)C)C(=O)OC1(CCO)CC2CCCC(O)(C2)C1. The quantitative estimate of drug-likeness (QED) is 0.691. The van der Waals surface area contributed by atoms with Crippen LogP contribution in [0.3, 0.4) is 0 Å². The highest BCUT2D eigenvalue weighted by Crippen LogP contribution is 2.50. The number of ether oxygens (including phenoxy) is 1. The summed E-state index contributed by atoms with van der Waals surface area (Å²) in [6, 6.07) is 0. The molecule has 4 atom stereocenters. The molecule has 0 aromatic heterocycles. The summed E-state index contributed by atoms with van der Waals surface area (Å²) in [4.78, 5) is 13.0. The Morgan fingerprint density at radius 2 is 2.08 bits per heavy atom. The summed E-state index contributed by atoms with van der Waals surface area (Å²) in [6.45, 7) is 8.26. The Morgan fingerprint density at radius 3 is 2.62 bits per heavy atom. The van der Waals surface area contributed by atoms with Gasteiger partial charge in [-0.1, -0.05) is 33.6 Å². The van der Waals surface area contributed by atoms with Gasteiger partial charge in [-0.05, 0) is 50.9 Å². The third-order valence-electron chi connectivity index (χ3n) is 6.24. The predicted molar refractivity (Wildman–Crippen MR) is 94.5 cm³/mol. The average molecular weight is 341 g/mol. The van der Waals surface area contributed by atoms with Crippen molar-refractivity contribution in [1.82, 2.24) is 0 Å². The molecule has 4 heteroatoms. The van der Waals surface area contributed by atoms with Gasteiger partial charge in [0.05, 0.1) is 11.0 Å². The number of carbonyl (C=O) groups excluding carboxylic acids is 1. The molecule has 2 bridgehead atoms. The van der Waals surface area contributed by atoms with E-state index < -0.39 is 16.6 Å². The molecule has 0 amide bonds. The molecule has 24 heavy (non-hydrogen) atoms. The van der Waals surface area contributed by atoms with Crippen LogP contribution in [0.5, 0.6) is 0 Å². The van der Waals surface area contributed by atoms with Gasteiger partial charge in [0.15, 0.2) is 0 Å². The van der Waals surface area contributed by atoms with E-state index in [9.17, 15) is 15.0 Å². The fourth-order valence-corrected chi connectivity index (χ4v) is 5.11. The molecule has 0 spiro atoms. The monoisotopic (exact) mass is 340 g/mol. The molecule has 0 radical (unpaired) electrons. The Morgan fingerprint density at radius 1 is 1.38 bits per heavy atom. The van der Waals surface area contributed by atoms with E-state index >= 15 is 0 Å². The minimum Gasteiger partial charge on any atom is -0.458 e. The largest absolute Gasteiger partial charge is 0.458 e. The number of rotatable bonds is 7. The van der Waals surface area contributed by atoms with E-state index in [1.165, 1.54) is 0 Å². The molecule has 140 valence electrons. The van der Waals surface area contributed by atoms with Crippen molar-refractivity contribution in [2.24, 2.45) is 17.3 Å². The van der Waals surface area contributed by atoms with E-state index in [1.54, 1.807) is 0 Å². The molecule has 0 aromatic carbocycles. The van der Waals surface area contributed by atoms with Crippen molar-refractivity contribution in [1.29, 1.82) is 0 Å². The second kappa shape index (κ2) is 7.33. The minimum atomic E-state index is -0.725. The first-order chi connectivity index (χ1) is 11.2. The predicted octanol–water partition coefficient (Wildman–Crippen LogP) is 3.83.